The summed E-state index contributed by atoms with van der Waals surface area (Å²) in [4.78, 5) is 14.0. The van der Waals surface area contributed by atoms with E-state index in [9.17, 15) is 0 Å². The molecule has 3 heterocycles. The highest BCUT2D eigenvalue weighted by atomic mass is 15.3. The lowest BCUT2D eigenvalue weighted by molar-refractivity contribution is 0.564. The molecule has 0 N–H and O–H groups in total. The van der Waals surface area contributed by atoms with Gasteiger partial charge in [-0.15, -0.1) is 5.10 Å². The van der Waals surface area contributed by atoms with Crippen molar-refractivity contribution in [3.8, 4) is 11.3 Å². The summed E-state index contributed by atoms with van der Waals surface area (Å²) in [6.07, 6.45) is 3.67. The Balaban J connectivity index is 1.61. The van der Waals surface area contributed by atoms with Gasteiger partial charge in [0.25, 0.3) is 5.78 Å². The molecule has 138 valence electrons. The van der Waals surface area contributed by atoms with Gasteiger partial charge in [0.2, 0.25) is 0 Å². The van der Waals surface area contributed by atoms with Crippen LogP contribution in [0.1, 0.15) is 42.9 Å². The van der Waals surface area contributed by atoms with Gasteiger partial charge in [0.1, 0.15) is 5.82 Å². The highest BCUT2D eigenvalue weighted by molar-refractivity contribution is 5.58. The second kappa shape index (κ2) is 6.95. The van der Waals surface area contributed by atoms with E-state index in [-0.39, 0.29) is 0 Å². The summed E-state index contributed by atoms with van der Waals surface area (Å²) in [5.41, 5.74) is 4.16. The standard InChI is InChI=1S/C21H24N6/c1-14(2)26-13-18(17-8-6-5-7-9-17)23-20(26)11-10-19-24-21-22-15(3)12-16(4)27(21)25-19/h5-9,12-14H,10-11H2,1-4H3. The summed E-state index contributed by atoms with van der Waals surface area (Å²) in [7, 11) is 0. The van der Waals surface area contributed by atoms with Crippen LogP contribution < -0.4 is 0 Å². The fourth-order valence-electron chi connectivity index (χ4n) is 3.35. The third kappa shape index (κ3) is 3.47. The molecule has 0 aliphatic rings. The smallest absolute Gasteiger partial charge is 0.252 e. The quantitative estimate of drug-likeness (QED) is 0.540. The number of nitrogens with zero attached hydrogens (tertiary/aromatic N) is 6. The first kappa shape index (κ1) is 17.4. The van der Waals surface area contributed by atoms with Crippen LogP contribution in [0, 0.1) is 13.8 Å². The predicted octanol–water partition coefficient (Wildman–Crippen LogP) is 3.97. The summed E-state index contributed by atoms with van der Waals surface area (Å²) in [5.74, 6) is 2.53. The number of aryl methyl sites for hydroxylation is 4. The Labute approximate surface area is 158 Å². The molecule has 27 heavy (non-hydrogen) atoms. The fraction of sp³-hybridized carbons (Fsp3) is 0.333. The average Bonchev–Trinajstić information content (AvgIpc) is 3.25. The fourth-order valence-corrected chi connectivity index (χ4v) is 3.35. The first-order chi connectivity index (χ1) is 13.0. The predicted molar refractivity (Wildman–Crippen MR) is 106 cm³/mol. The minimum absolute atomic E-state index is 0.352. The first-order valence-corrected chi connectivity index (χ1v) is 9.34. The molecule has 0 fully saturated rings. The van der Waals surface area contributed by atoms with Crippen molar-refractivity contribution in [2.75, 3.05) is 0 Å². The van der Waals surface area contributed by atoms with Gasteiger partial charge in [0.15, 0.2) is 5.82 Å². The largest absolute Gasteiger partial charge is 0.332 e. The molecule has 0 aliphatic heterocycles. The molecule has 3 aromatic heterocycles. The molecule has 1 aromatic carbocycles. The van der Waals surface area contributed by atoms with Crippen LogP contribution >= 0.6 is 0 Å². The number of benzene rings is 1. The molecular weight excluding hydrogens is 336 g/mol. The van der Waals surface area contributed by atoms with E-state index in [1.807, 2.05) is 42.6 Å². The molecule has 6 heteroatoms. The second-order valence-electron chi connectivity index (χ2n) is 7.19. The molecule has 0 unspecified atom stereocenters. The van der Waals surface area contributed by atoms with Crippen molar-refractivity contribution in [1.82, 2.24) is 29.1 Å². The molecule has 4 rings (SSSR count). The topological polar surface area (TPSA) is 60.9 Å². The van der Waals surface area contributed by atoms with Gasteiger partial charge < -0.3 is 4.57 Å². The molecule has 0 spiro atoms. The SMILES string of the molecule is Cc1cc(C)n2nc(CCc3nc(-c4ccccc4)cn3C(C)C)nc2n1. The Morgan fingerprint density at radius 3 is 2.48 bits per heavy atom. The molecule has 0 bridgehead atoms. The van der Waals surface area contributed by atoms with Crippen LogP contribution in [0.5, 0.6) is 0 Å². The van der Waals surface area contributed by atoms with Crippen LogP contribution in [0.15, 0.2) is 42.6 Å². The molecule has 0 atom stereocenters. The summed E-state index contributed by atoms with van der Waals surface area (Å²) in [6.45, 7) is 8.36. The Morgan fingerprint density at radius 2 is 1.74 bits per heavy atom. The molecule has 4 aromatic rings. The van der Waals surface area contributed by atoms with Crippen molar-refractivity contribution in [2.24, 2.45) is 0 Å². The highest BCUT2D eigenvalue weighted by Crippen LogP contribution is 2.22. The maximum absolute atomic E-state index is 4.89. The first-order valence-electron chi connectivity index (χ1n) is 9.34. The monoisotopic (exact) mass is 360 g/mol. The third-order valence-electron chi connectivity index (χ3n) is 4.67. The molecule has 0 radical (unpaired) electrons. The number of rotatable bonds is 5. The number of hydrogen-bond acceptors (Lipinski definition) is 4. The molecule has 0 saturated carbocycles. The van der Waals surface area contributed by atoms with Gasteiger partial charge in [0, 0.05) is 42.0 Å². The van der Waals surface area contributed by atoms with Crippen molar-refractivity contribution >= 4 is 5.78 Å². The van der Waals surface area contributed by atoms with Crippen LogP contribution in [-0.2, 0) is 12.8 Å². The van der Waals surface area contributed by atoms with Crippen LogP contribution in [0.3, 0.4) is 0 Å². The van der Waals surface area contributed by atoms with Crippen molar-refractivity contribution in [3.05, 3.63) is 65.6 Å². The second-order valence-corrected chi connectivity index (χ2v) is 7.19. The zero-order valence-electron chi connectivity index (χ0n) is 16.2. The van der Waals surface area contributed by atoms with Gasteiger partial charge in [-0.1, -0.05) is 30.3 Å². The highest BCUT2D eigenvalue weighted by Gasteiger charge is 2.14. The average molecular weight is 360 g/mol. The van der Waals surface area contributed by atoms with E-state index in [2.05, 4.69) is 51.8 Å². The van der Waals surface area contributed by atoms with E-state index in [1.54, 1.807) is 0 Å². The van der Waals surface area contributed by atoms with Crippen molar-refractivity contribution in [3.63, 3.8) is 0 Å². The van der Waals surface area contributed by atoms with Crippen LogP contribution in [-0.4, -0.2) is 29.1 Å². The van der Waals surface area contributed by atoms with Gasteiger partial charge in [-0.25, -0.2) is 14.5 Å². The van der Waals surface area contributed by atoms with Gasteiger partial charge in [-0.05, 0) is 33.8 Å². The van der Waals surface area contributed by atoms with Crippen molar-refractivity contribution < 1.29 is 0 Å². The number of imidazole rings is 1. The van der Waals surface area contributed by atoms with E-state index in [1.165, 1.54) is 0 Å². The zero-order valence-corrected chi connectivity index (χ0v) is 16.2. The van der Waals surface area contributed by atoms with Crippen LogP contribution in [0.25, 0.3) is 17.0 Å². The Bertz CT molecular complexity index is 1070. The molecule has 0 amide bonds. The number of fused-ring (bicyclic) bond motifs is 1. The molecule has 0 saturated heterocycles. The van der Waals surface area contributed by atoms with Crippen LogP contribution in [0.4, 0.5) is 0 Å². The number of aromatic nitrogens is 6. The Morgan fingerprint density at radius 1 is 0.963 bits per heavy atom. The molecule has 0 aliphatic carbocycles. The van der Waals surface area contributed by atoms with Gasteiger partial charge in [-0.3, -0.25) is 0 Å². The van der Waals surface area contributed by atoms with Gasteiger partial charge in [0.05, 0.1) is 5.69 Å². The molecular formula is C21H24N6. The third-order valence-corrected chi connectivity index (χ3v) is 4.67. The van der Waals surface area contributed by atoms with E-state index in [4.69, 9.17) is 4.98 Å². The summed E-state index contributed by atoms with van der Waals surface area (Å²) >= 11 is 0. The minimum atomic E-state index is 0.352. The Kier molecular flexibility index (Phi) is 4.48. The van der Waals surface area contributed by atoms with Gasteiger partial charge >= 0.3 is 0 Å². The van der Waals surface area contributed by atoms with Crippen molar-refractivity contribution in [1.29, 1.82) is 0 Å². The normalized spacial score (nSPS) is 11.6. The van der Waals surface area contributed by atoms with Gasteiger partial charge in [-0.2, -0.15) is 4.98 Å². The van der Waals surface area contributed by atoms with E-state index >= 15 is 0 Å². The summed E-state index contributed by atoms with van der Waals surface area (Å²) < 4.78 is 4.05. The zero-order chi connectivity index (χ0) is 19.0. The van der Waals surface area contributed by atoms with E-state index in [0.29, 0.717) is 11.8 Å². The maximum atomic E-state index is 4.89. The van der Waals surface area contributed by atoms with Crippen LogP contribution in [0.2, 0.25) is 0 Å². The number of hydrogen-bond donors (Lipinski definition) is 0. The molecule has 6 nitrogen and oxygen atoms in total. The lowest BCUT2D eigenvalue weighted by atomic mass is 10.2. The Hall–Kier alpha value is -3.02. The lowest BCUT2D eigenvalue weighted by Gasteiger charge is -2.10. The van der Waals surface area contributed by atoms with Crippen molar-refractivity contribution in [2.45, 2.75) is 46.6 Å². The minimum Gasteiger partial charge on any atom is -0.332 e. The summed E-state index contributed by atoms with van der Waals surface area (Å²) in [5, 5.41) is 4.61. The maximum Gasteiger partial charge on any atom is 0.252 e. The van der Waals surface area contributed by atoms with E-state index < -0.39 is 0 Å². The summed E-state index contributed by atoms with van der Waals surface area (Å²) in [6, 6.07) is 12.7. The van der Waals surface area contributed by atoms with E-state index in [0.717, 1.165) is 47.1 Å². The lowest BCUT2D eigenvalue weighted by Crippen LogP contribution is -2.07.